The van der Waals surface area contributed by atoms with Gasteiger partial charge in [-0.3, -0.25) is 0 Å². The second-order valence-corrected chi connectivity index (χ2v) is 4.84. The van der Waals surface area contributed by atoms with Gasteiger partial charge in [-0.2, -0.15) is 4.98 Å². The van der Waals surface area contributed by atoms with Gasteiger partial charge in [0.05, 0.1) is 11.5 Å². The first-order chi connectivity index (χ1) is 7.75. The minimum atomic E-state index is -0.191. The summed E-state index contributed by atoms with van der Waals surface area (Å²) in [6, 6.07) is 0. The van der Waals surface area contributed by atoms with E-state index in [-0.39, 0.29) is 5.38 Å². The maximum Gasteiger partial charge on any atom is 0.226 e. The standard InChI is InChI=1S/C11H17ClN2O2/c1-8(12)11-13-10(16-14-11)6-5-9-4-2-3-7-15-9/h8-9H,2-7H2,1H3. The van der Waals surface area contributed by atoms with Gasteiger partial charge in [0.1, 0.15) is 0 Å². The van der Waals surface area contributed by atoms with Crippen LogP contribution in [0.2, 0.25) is 0 Å². The number of halogens is 1. The molecule has 1 fully saturated rings. The Bertz CT molecular complexity index is 322. The Balaban J connectivity index is 1.79. The van der Waals surface area contributed by atoms with Gasteiger partial charge >= 0.3 is 0 Å². The minimum absolute atomic E-state index is 0.191. The van der Waals surface area contributed by atoms with E-state index in [4.69, 9.17) is 20.9 Å². The molecule has 2 rings (SSSR count). The van der Waals surface area contributed by atoms with Crippen LogP contribution in [0.25, 0.3) is 0 Å². The normalized spacial score (nSPS) is 23.2. The molecule has 0 aromatic carbocycles. The van der Waals surface area contributed by atoms with Gasteiger partial charge in [-0.1, -0.05) is 5.16 Å². The summed E-state index contributed by atoms with van der Waals surface area (Å²) in [4.78, 5) is 4.23. The highest BCUT2D eigenvalue weighted by Crippen LogP contribution is 2.19. The minimum Gasteiger partial charge on any atom is -0.378 e. The fourth-order valence-corrected chi connectivity index (χ4v) is 1.94. The summed E-state index contributed by atoms with van der Waals surface area (Å²) in [6.45, 7) is 2.72. The molecule has 2 atom stereocenters. The maximum atomic E-state index is 5.86. The Morgan fingerprint density at radius 1 is 1.50 bits per heavy atom. The third kappa shape index (κ3) is 3.19. The summed E-state index contributed by atoms with van der Waals surface area (Å²) in [6.07, 6.45) is 5.69. The maximum absolute atomic E-state index is 5.86. The van der Waals surface area contributed by atoms with Crippen molar-refractivity contribution < 1.29 is 9.26 Å². The van der Waals surface area contributed by atoms with Crippen molar-refractivity contribution in [2.24, 2.45) is 0 Å². The zero-order chi connectivity index (χ0) is 11.4. The van der Waals surface area contributed by atoms with Crippen LogP contribution in [-0.2, 0) is 11.2 Å². The Morgan fingerprint density at radius 2 is 2.38 bits per heavy atom. The third-order valence-corrected chi connectivity index (χ3v) is 2.99. The first-order valence-electron chi connectivity index (χ1n) is 5.84. The van der Waals surface area contributed by atoms with E-state index in [1.165, 1.54) is 12.8 Å². The zero-order valence-electron chi connectivity index (χ0n) is 9.49. The van der Waals surface area contributed by atoms with E-state index in [2.05, 4.69) is 10.1 Å². The molecular weight excluding hydrogens is 228 g/mol. The van der Waals surface area contributed by atoms with E-state index >= 15 is 0 Å². The first-order valence-corrected chi connectivity index (χ1v) is 6.27. The van der Waals surface area contributed by atoms with Crippen molar-refractivity contribution >= 4 is 11.6 Å². The van der Waals surface area contributed by atoms with E-state index < -0.39 is 0 Å². The van der Waals surface area contributed by atoms with Gasteiger partial charge in [0.2, 0.25) is 5.89 Å². The molecule has 1 aromatic rings. The van der Waals surface area contributed by atoms with Gasteiger partial charge in [0.15, 0.2) is 5.82 Å². The average molecular weight is 245 g/mol. The van der Waals surface area contributed by atoms with Crippen molar-refractivity contribution in [3.8, 4) is 0 Å². The summed E-state index contributed by atoms with van der Waals surface area (Å²) in [7, 11) is 0. The van der Waals surface area contributed by atoms with Crippen LogP contribution in [-0.4, -0.2) is 22.9 Å². The Labute approximate surface area is 100 Å². The molecule has 5 heteroatoms. The molecular formula is C11H17ClN2O2. The predicted molar refractivity (Wildman–Crippen MR) is 60.5 cm³/mol. The number of alkyl halides is 1. The lowest BCUT2D eigenvalue weighted by atomic mass is 10.0. The monoisotopic (exact) mass is 244 g/mol. The molecule has 0 saturated carbocycles. The van der Waals surface area contributed by atoms with Gasteiger partial charge in [-0.05, 0) is 32.6 Å². The highest BCUT2D eigenvalue weighted by atomic mass is 35.5. The summed E-state index contributed by atoms with van der Waals surface area (Å²) in [5, 5.41) is 3.63. The smallest absolute Gasteiger partial charge is 0.226 e. The van der Waals surface area contributed by atoms with E-state index in [1.807, 2.05) is 6.92 Å². The number of rotatable bonds is 4. The van der Waals surface area contributed by atoms with Gasteiger partial charge in [0.25, 0.3) is 0 Å². The molecule has 0 radical (unpaired) electrons. The quantitative estimate of drug-likeness (QED) is 0.765. The van der Waals surface area contributed by atoms with Crippen molar-refractivity contribution in [3.05, 3.63) is 11.7 Å². The molecule has 1 saturated heterocycles. The number of hydrogen-bond donors (Lipinski definition) is 0. The van der Waals surface area contributed by atoms with E-state index in [9.17, 15) is 0 Å². The summed E-state index contributed by atoms with van der Waals surface area (Å²) in [5.74, 6) is 1.23. The van der Waals surface area contributed by atoms with Crippen molar-refractivity contribution in [3.63, 3.8) is 0 Å². The molecule has 1 aliphatic rings. The molecule has 0 spiro atoms. The van der Waals surface area contributed by atoms with Crippen LogP contribution in [0.4, 0.5) is 0 Å². The van der Waals surface area contributed by atoms with Crippen LogP contribution in [0.1, 0.15) is 49.7 Å². The number of nitrogens with zero attached hydrogens (tertiary/aromatic N) is 2. The van der Waals surface area contributed by atoms with Crippen LogP contribution in [0, 0.1) is 0 Å². The molecule has 0 amide bonds. The van der Waals surface area contributed by atoms with Crippen molar-refractivity contribution in [2.45, 2.75) is 50.5 Å². The lowest BCUT2D eigenvalue weighted by Crippen LogP contribution is -2.19. The number of hydrogen-bond acceptors (Lipinski definition) is 4. The third-order valence-electron chi connectivity index (χ3n) is 2.79. The molecule has 90 valence electrons. The van der Waals surface area contributed by atoms with Crippen molar-refractivity contribution in [2.75, 3.05) is 6.61 Å². The fraction of sp³-hybridized carbons (Fsp3) is 0.818. The summed E-state index contributed by atoms with van der Waals surface area (Å²) in [5.41, 5.74) is 0. The lowest BCUT2D eigenvalue weighted by molar-refractivity contribution is 0.0104. The second-order valence-electron chi connectivity index (χ2n) is 4.19. The van der Waals surface area contributed by atoms with Crippen LogP contribution in [0.15, 0.2) is 4.52 Å². The molecule has 0 bridgehead atoms. The molecule has 0 aliphatic carbocycles. The SMILES string of the molecule is CC(Cl)c1noc(CCC2CCCCO2)n1. The molecule has 2 heterocycles. The van der Waals surface area contributed by atoms with E-state index in [0.717, 1.165) is 25.9 Å². The topological polar surface area (TPSA) is 48.2 Å². The number of aryl methyl sites for hydroxylation is 1. The van der Waals surface area contributed by atoms with Crippen molar-refractivity contribution in [1.29, 1.82) is 0 Å². The fourth-order valence-electron chi connectivity index (χ4n) is 1.85. The van der Waals surface area contributed by atoms with Gasteiger partial charge in [-0.15, -0.1) is 11.6 Å². The zero-order valence-corrected chi connectivity index (χ0v) is 10.2. The van der Waals surface area contributed by atoms with Crippen LogP contribution < -0.4 is 0 Å². The van der Waals surface area contributed by atoms with E-state index in [1.54, 1.807) is 0 Å². The molecule has 1 aromatic heterocycles. The Kier molecular flexibility index (Phi) is 4.18. The summed E-state index contributed by atoms with van der Waals surface area (Å²) < 4.78 is 10.8. The van der Waals surface area contributed by atoms with Gasteiger partial charge < -0.3 is 9.26 Å². The molecule has 0 N–H and O–H groups in total. The van der Waals surface area contributed by atoms with Crippen LogP contribution >= 0.6 is 11.6 Å². The number of aromatic nitrogens is 2. The highest BCUT2D eigenvalue weighted by molar-refractivity contribution is 6.20. The predicted octanol–water partition coefficient (Wildman–Crippen LogP) is 2.87. The van der Waals surface area contributed by atoms with Crippen molar-refractivity contribution in [1.82, 2.24) is 10.1 Å². The molecule has 16 heavy (non-hydrogen) atoms. The van der Waals surface area contributed by atoms with Crippen LogP contribution in [0.3, 0.4) is 0 Å². The van der Waals surface area contributed by atoms with E-state index in [0.29, 0.717) is 17.8 Å². The summed E-state index contributed by atoms with van der Waals surface area (Å²) >= 11 is 5.86. The average Bonchev–Trinajstić information content (AvgIpc) is 2.76. The molecule has 4 nitrogen and oxygen atoms in total. The van der Waals surface area contributed by atoms with Gasteiger partial charge in [-0.25, -0.2) is 0 Å². The molecule has 1 aliphatic heterocycles. The van der Waals surface area contributed by atoms with Gasteiger partial charge in [0, 0.05) is 13.0 Å². The first kappa shape index (κ1) is 11.9. The lowest BCUT2D eigenvalue weighted by Gasteiger charge is -2.21. The number of ether oxygens (including phenoxy) is 1. The second kappa shape index (κ2) is 5.64. The highest BCUT2D eigenvalue weighted by Gasteiger charge is 2.16. The largest absolute Gasteiger partial charge is 0.378 e. The van der Waals surface area contributed by atoms with Crippen LogP contribution in [0.5, 0.6) is 0 Å². The Morgan fingerprint density at radius 3 is 3.00 bits per heavy atom. The Hall–Kier alpha value is -0.610. The molecule has 2 unspecified atom stereocenters.